The van der Waals surface area contributed by atoms with E-state index in [9.17, 15) is 0 Å². The molecular weight excluding hydrogens is 190 g/mol. The van der Waals surface area contributed by atoms with Crippen molar-refractivity contribution < 1.29 is 0 Å². The van der Waals surface area contributed by atoms with E-state index < -0.39 is 0 Å². The summed E-state index contributed by atoms with van der Waals surface area (Å²) in [6.45, 7) is 5.71. The molecule has 1 N–H and O–H groups in total. The largest absolute Gasteiger partial charge is 0.354 e. The van der Waals surface area contributed by atoms with Crippen molar-refractivity contribution in [3.63, 3.8) is 0 Å². The lowest BCUT2D eigenvalue weighted by molar-refractivity contribution is 0.522. The Kier molecular flexibility index (Phi) is 2.89. The van der Waals surface area contributed by atoms with Gasteiger partial charge in [-0.15, -0.1) is 0 Å². The lowest BCUT2D eigenvalue weighted by atomic mass is 10.4. The van der Waals surface area contributed by atoms with Crippen molar-refractivity contribution in [2.75, 3.05) is 26.7 Å². The number of aromatic nitrogens is 2. The minimum atomic E-state index is 0.865. The predicted molar refractivity (Wildman–Crippen MR) is 59.9 cm³/mol. The van der Waals surface area contributed by atoms with Gasteiger partial charge in [-0.1, -0.05) is 0 Å². The van der Waals surface area contributed by atoms with E-state index >= 15 is 0 Å². The molecule has 5 heteroatoms. The summed E-state index contributed by atoms with van der Waals surface area (Å²) in [5.74, 6) is 0.999. The molecule has 0 fully saturated rings. The summed E-state index contributed by atoms with van der Waals surface area (Å²) in [5.41, 5.74) is 1.20. The van der Waals surface area contributed by atoms with Crippen LogP contribution >= 0.6 is 0 Å². The number of aliphatic imine (C=N–C) groups is 1. The molecule has 82 valence electrons. The van der Waals surface area contributed by atoms with Crippen molar-refractivity contribution in [1.82, 2.24) is 20.0 Å². The second-order valence-corrected chi connectivity index (χ2v) is 3.83. The first-order valence-corrected chi connectivity index (χ1v) is 5.24. The number of likely N-dealkylation sites (N-methyl/N-ethyl adjacent to an activating group) is 1. The minimum absolute atomic E-state index is 0.865. The lowest BCUT2D eigenvalue weighted by Crippen LogP contribution is -2.37. The first kappa shape index (κ1) is 10.0. The number of rotatable bonds is 3. The zero-order valence-corrected chi connectivity index (χ0v) is 9.27. The molecule has 15 heavy (non-hydrogen) atoms. The van der Waals surface area contributed by atoms with Crippen LogP contribution in [0.5, 0.6) is 0 Å². The van der Waals surface area contributed by atoms with Gasteiger partial charge in [0.25, 0.3) is 0 Å². The molecule has 5 nitrogen and oxygen atoms in total. The summed E-state index contributed by atoms with van der Waals surface area (Å²) in [7, 11) is 2.05. The summed E-state index contributed by atoms with van der Waals surface area (Å²) in [6, 6.07) is 0. The Balaban J connectivity index is 1.75. The molecule has 0 aliphatic carbocycles. The monoisotopic (exact) mass is 207 g/mol. The lowest BCUT2D eigenvalue weighted by Gasteiger charge is -2.14. The third kappa shape index (κ3) is 2.49. The predicted octanol–water partition coefficient (Wildman–Crippen LogP) is 0.0825. The Morgan fingerprint density at radius 1 is 1.53 bits per heavy atom. The van der Waals surface area contributed by atoms with E-state index in [1.54, 1.807) is 0 Å². The quantitative estimate of drug-likeness (QED) is 0.763. The molecule has 0 saturated heterocycles. The van der Waals surface area contributed by atoms with Crippen LogP contribution in [0.4, 0.5) is 0 Å². The number of nitrogens with one attached hydrogen (secondary N) is 1. The maximum atomic E-state index is 4.35. The van der Waals surface area contributed by atoms with E-state index in [1.807, 2.05) is 24.0 Å². The van der Waals surface area contributed by atoms with Gasteiger partial charge in [-0.05, 0) is 12.5 Å². The maximum absolute atomic E-state index is 4.35. The molecule has 0 aromatic carbocycles. The highest BCUT2D eigenvalue weighted by Crippen LogP contribution is 1.95. The molecule has 0 unspecified atom stereocenters. The van der Waals surface area contributed by atoms with E-state index in [1.165, 1.54) is 5.56 Å². The molecule has 0 atom stereocenters. The molecule has 1 aliphatic heterocycles. The molecule has 0 radical (unpaired) electrons. The number of hydrogen-bond acceptors (Lipinski definition) is 4. The molecule has 2 rings (SSSR count). The third-order valence-corrected chi connectivity index (χ3v) is 2.44. The van der Waals surface area contributed by atoms with E-state index in [0.29, 0.717) is 0 Å². The average molecular weight is 207 g/mol. The van der Waals surface area contributed by atoms with Gasteiger partial charge in [-0.3, -0.25) is 9.67 Å². The molecule has 0 spiro atoms. The van der Waals surface area contributed by atoms with Crippen molar-refractivity contribution in [1.29, 1.82) is 0 Å². The number of aryl methyl sites for hydroxylation is 1. The smallest absolute Gasteiger partial charge is 0.193 e. The van der Waals surface area contributed by atoms with Crippen LogP contribution in [0, 0.1) is 6.92 Å². The van der Waals surface area contributed by atoms with Gasteiger partial charge in [0.2, 0.25) is 0 Å². The van der Waals surface area contributed by atoms with Crippen LogP contribution in [-0.2, 0) is 6.54 Å². The van der Waals surface area contributed by atoms with Gasteiger partial charge in [0.1, 0.15) is 0 Å². The molecule has 0 amide bonds. The van der Waals surface area contributed by atoms with E-state index in [2.05, 4.69) is 27.4 Å². The zero-order chi connectivity index (χ0) is 10.7. The normalized spacial score (nSPS) is 15.6. The van der Waals surface area contributed by atoms with Gasteiger partial charge in [-0.2, -0.15) is 5.10 Å². The van der Waals surface area contributed by atoms with Gasteiger partial charge >= 0.3 is 0 Å². The van der Waals surface area contributed by atoms with Crippen LogP contribution in [0.3, 0.4) is 0 Å². The first-order chi connectivity index (χ1) is 7.25. The molecule has 1 aromatic heterocycles. The fourth-order valence-electron chi connectivity index (χ4n) is 1.59. The Morgan fingerprint density at radius 2 is 2.40 bits per heavy atom. The zero-order valence-electron chi connectivity index (χ0n) is 9.27. The first-order valence-electron chi connectivity index (χ1n) is 5.24. The van der Waals surface area contributed by atoms with Crippen molar-refractivity contribution in [2.45, 2.75) is 13.5 Å². The third-order valence-electron chi connectivity index (χ3n) is 2.44. The molecule has 1 aromatic rings. The summed E-state index contributed by atoms with van der Waals surface area (Å²) in [5, 5.41) is 7.53. The van der Waals surface area contributed by atoms with Gasteiger partial charge in [0.15, 0.2) is 5.96 Å². The molecule has 0 bridgehead atoms. The van der Waals surface area contributed by atoms with E-state index in [-0.39, 0.29) is 0 Å². The Morgan fingerprint density at radius 3 is 3.00 bits per heavy atom. The minimum Gasteiger partial charge on any atom is -0.354 e. The van der Waals surface area contributed by atoms with Gasteiger partial charge in [0.05, 0.1) is 19.3 Å². The van der Waals surface area contributed by atoms with Crippen molar-refractivity contribution in [2.24, 2.45) is 4.99 Å². The van der Waals surface area contributed by atoms with E-state index in [4.69, 9.17) is 0 Å². The highest BCUT2D eigenvalue weighted by molar-refractivity contribution is 5.81. The highest BCUT2D eigenvalue weighted by Gasteiger charge is 2.10. The second-order valence-electron chi connectivity index (χ2n) is 3.83. The topological polar surface area (TPSA) is 45.5 Å². The van der Waals surface area contributed by atoms with Crippen LogP contribution < -0.4 is 5.32 Å². The fourth-order valence-corrected chi connectivity index (χ4v) is 1.59. The fraction of sp³-hybridized carbons (Fsp3) is 0.600. The van der Waals surface area contributed by atoms with Crippen LogP contribution in [0.15, 0.2) is 17.4 Å². The standard InChI is InChI=1S/C10H17N5/c1-9-7-13-15(8-9)6-4-12-10-11-3-5-14(10)2/h7-8H,3-6H2,1-2H3,(H,11,12). The van der Waals surface area contributed by atoms with Crippen LogP contribution in [0.1, 0.15) is 5.56 Å². The molecule has 0 saturated carbocycles. The molecular formula is C10H17N5. The van der Waals surface area contributed by atoms with Gasteiger partial charge < -0.3 is 10.2 Å². The number of hydrogen-bond donors (Lipinski definition) is 1. The number of nitrogens with zero attached hydrogens (tertiary/aromatic N) is 4. The van der Waals surface area contributed by atoms with Crippen LogP contribution in [0.25, 0.3) is 0 Å². The summed E-state index contributed by atoms with van der Waals surface area (Å²) < 4.78 is 1.94. The van der Waals surface area contributed by atoms with Crippen LogP contribution in [0.2, 0.25) is 0 Å². The summed E-state index contributed by atoms with van der Waals surface area (Å²) in [6.07, 6.45) is 3.92. The number of guanidine groups is 1. The van der Waals surface area contributed by atoms with Crippen LogP contribution in [-0.4, -0.2) is 47.3 Å². The Bertz CT molecular complexity index is 354. The van der Waals surface area contributed by atoms with Gasteiger partial charge in [0, 0.05) is 26.3 Å². The van der Waals surface area contributed by atoms with E-state index in [0.717, 1.165) is 32.1 Å². The maximum Gasteiger partial charge on any atom is 0.193 e. The average Bonchev–Trinajstić information content (AvgIpc) is 2.77. The highest BCUT2D eigenvalue weighted by atomic mass is 15.3. The summed E-state index contributed by atoms with van der Waals surface area (Å²) >= 11 is 0. The Labute approximate surface area is 89.8 Å². The molecule has 2 heterocycles. The Hall–Kier alpha value is -1.52. The second kappa shape index (κ2) is 4.33. The summed E-state index contributed by atoms with van der Waals surface area (Å²) in [4.78, 5) is 6.49. The van der Waals surface area contributed by atoms with Crippen molar-refractivity contribution in [3.05, 3.63) is 18.0 Å². The van der Waals surface area contributed by atoms with Crippen molar-refractivity contribution >= 4 is 5.96 Å². The molecule has 1 aliphatic rings. The SMILES string of the molecule is Cc1cnn(CCNC2=NCCN2C)c1. The van der Waals surface area contributed by atoms with Crippen molar-refractivity contribution in [3.8, 4) is 0 Å². The van der Waals surface area contributed by atoms with Gasteiger partial charge in [-0.25, -0.2) is 0 Å².